The third-order valence-corrected chi connectivity index (χ3v) is 5.74. The third-order valence-electron chi connectivity index (χ3n) is 5.25. The van der Waals surface area contributed by atoms with E-state index in [2.05, 4.69) is 15.9 Å². The number of nitrogens with zero attached hydrogens (tertiary/aromatic N) is 1. The molecule has 1 heterocycles. The lowest BCUT2D eigenvalue weighted by Crippen LogP contribution is -2.31. The molecule has 1 aliphatic heterocycles. The zero-order chi connectivity index (χ0) is 20.7. The number of aliphatic hydroxyl groups is 1. The highest BCUT2D eigenvalue weighted by atomic mass is 79.9. The number of carbonyl (C=O) groups is 2. The van der Waals surface area contributed by atoms with Crippen LogP contribution < -0.4 is 9.47 Å². The molecule has 1 unspecified atom stereocenters. The molecule has 2 aliphatic rings. The van der Waals surface area contributed by atoms with Crippen LogP contribution in [0.4, 0.5) is 0 Å². The Morgan fingerprint density at radius 1 is 1.10 bits per heavy atom. The Hall–Kier alpha value is -2.80. The van der Waals surface area contributed by atoms with Gasteiger partial charge in [0.15, 0.2) is 11.5 Å². The first-order valence-electron chi connectivity index (χ1n) is 9.24. The van der Waals surface area contributed by atoms with Crippen molar-refractivity contribution in [3.8, 4) is 11.5 Å². The molecule has 1 aliphatic carbocycles. The van der Waals surface area contributed by atoms with Gasteiger partial charge in [-0.15, -0.1) is 0 Å². The van der Waals surface area contributed by atoms with Gasteiger partial charge in [0.1, 0.15) is 5.76 Å². The minimum atomic E-state index is -0.744. The summed E-state index contributed by atoms with van der Waals surface area (Å²) in [6, 6.07) is 11.5. The second kappa shape index (κ2) is 7.55. The molecule has 1 saturated carbocycles. The molecule has 0 radical (unpaired) electrons. The molecule has 1 saturated heterocycles. The lowest BCUT2D eigenvalue weighted by molar-refractivity contribution is -0.140. The van der Waals surface area contributed by atoms with E-state index >= 15 is 0 Å². The average molecular weight is 458 g/mol. The average Bonchev–Trinajstić information content (AvgIpc) is 3.53. The maximum Gasteiger partial charge on any atom is 0.295 e. The van der Waals surface area contributed by atoms with Crippen LogP contribution in [0.5, 0.6) is 11.5 Å². The highest BCUT2D eigenvalue weighted by Gasteiger charge is 2.52. The molecule has 1 N–H and O–H groups in total. The first kappa shape index (κ1) is 19.5. The minimum Gasteiger partial charge on any atom is -0.507 e. The zero-order valence-corrected chi connectivity index (χ0v) is 17.6. The van der Waals surface area contributed by atoms with Gasteiger partial charge in [0, 0.05) is 21.6 Å². The van der Waals surface area contributed by atoms with Crippen LogP contribution in [0.25, 0.3) is 5.76 Å². The first-order chi connectivity index (χ1) is 14.0. The van der Waals surface area contributed by atoms with Gasteiger partial charge < -0.3 is 19.5 Å². The van der Waals surface area contributed by atoms with Crippen LogP contribution in [0, 0.1) is 0 Å². The highest BCUT2D eigenvalue weighted by molar-refractivity contribution is 9.10. The van der Waals surface area contributed by atoms with Crippen LogP contribution >= 0.6 is 15.9 Å². The molecule has 2 fully saturated rings. The normalized spacial score (nSPS) is 20.8. The molecule has 4 rings (SSSR count). The summed E-state index contributed by atoms with van der Waals surface area (Å²) >= 11 is 3.38. The number of likely N-dealkylation sites (tertiary alicyclic amines) is 1. The second-order valence-electron chi connectivity index (χ2n) is 7.03. The van der Waals surface area contributed by atoms with Crippen molar-refractivity contribution in [1.29, 1.82) is 0 Å². The fraction of sp³-hybridized carbons (Fsp3) is 0.273. The summed E-state index contributed by atoms with van der Waals surface area (Å²) in [7, 11) is 3.04. The Balaban J connectivity index is 1.96. The van der Waals surface area contributed by atoms with Crippen LogP contribution in [-0.4, -0.2) is 42.0 Å². The van der Waals surface area contributed by atoms with Gasteiger partial charge in [0.05, 0.1) is 25.8 Å². The molecule has 1 amide bonds. The zero-order valence-electron chi connectivity index (χ0n) is 16.0. The van der Waals surface area contributed by atoms with E-state index in [1.807, 2.05) is 6.07 Å². The van der Waals surface area contributed by atoms with Crippen molar-refractivity contribution in [2.24, 2.45) is 0 Å². The Morgan fingerprint density at radius 3 is 2.45 bits per heavy atom. The van der Waals surface area contributed by atoms with Crippen molar-refractivity contribution in [2.75, 3.05) is 14.2 Å². The molecular formula is C22H20BrNO5. The maximum atomic E-state index is 13.0. The van der Waals surface area contributed by atoms with E-state index < -0.39 is 17.7 Å². The Labute approximate surface area is 176 Å². The number of hydrogen-bond acceptors (Lipinski definition) is 5. The van der Waals surface area contributed by atoms with E-state index in [-0.39, 0.29) is 17.4 Å². The molecule has 0 bridgehead atoms. The second-order valence-corrected chi connectivity index (χ2v) is 7.95. The van der Waals surface area contributed by atoms with E-state index in [4.69, 9.17) is 9.47 Å². The van der Waals surface area contributed by atoms with Crippen molar-refractivity contribution in [3.05, 3.63) is 63.6 Å². The Bertz CT molecular complexity index is 1030. The molecule has 2 aromatic carbocycles. The van der Waals surface area contributed by atoms with Crippen LogP contribution in [0.15, 0.2) is 52.5 Å². The van der Waals surface area contributed by atoms with E-state index in [0.717, 1.165) is 17.3 Å². The van der Waals surface area contributed by atoms with Gasteiger partial charge in [0.25, 0.3) is 11.7 Å². The van der Waals surface area contributed by atoms with Crippen molar-refractivity contribution in [3.63, 3.8) is 0 Å². The number of hydrogen-bond donors (Lipinski definition) is 1. The number of para-hydroxylation sites is 1. The SMILES string of the molecule is COc1cccc(C2C(=C(O)c3cccc(Br)c3)C(=O)C(=O)N2C2CC2)c1OC. The van der Waals surface area contributed by atoms with Crippen molar-refractivity contribution >= 4 is 33.4 Å². The molecule has 29 heavy (non-hydrogen) atoms. The molecule has 150 valence electrons. The molecule has 2 aromatic rings. The standard InChI is InChI=1S/C22H20BrNO5/c1-28-16-8-4-7-15(21(16)29-2)18-17(19(25)12-5-3-6-13(23)11-12)20(26)22(27)24(18)14-9-10-14/h3-8,11,14,18,25H,9-10H2,1-2H3. The summed E-state index contributed by atoms with van der Waals surface area (Å²) in [5.74, 6) is -0.563. The fourth-order valence-electron chi connectivity index (χ4n) is 3.80. The Kier molecular flexibility index (Phi) is 5.08. The van der Waals surface area contributed by atoms with Gasteiger partial charge in [0.2, 0.25) is 0 Å². The summed E-state index contributed by atoms with van der Waals surface area (Å²) in [5, 5.41) is 11.1. The molecular weight excluding hydrogens is 438 g/mol. The van der Waals surface area contributed by atoms with Gasteiger partial charge in [-0.2, -0.15) is 0 Å². The quantitative estimate of drug-likeness (QED) is 0.416. The van der Waals surface area contributed by atoms with E-state index in [1.54, 1.807) is 41.3 Å². The predicted octanol–water partition coefficient (Wildman–Crippen LogP) is 4.05. The fourth-order valence-corrected chi connectivity index (χ4v) is 4.20. The van der Waals surface area contributed by atoms with E-state index in [1.165, 1.54) is 14.2 Å². The molecule has 1 atom stereocenters. The topological polar surface area (TPSA) is 76.1 Å². The number of ketones is 1. The maximum absolute atomic E-state index is 13.0. The van der Waals surface area contributed by atoms with Crippen LogP contribution in [0.3, 0.4) is 0 Å². The monoisotopic (exact) mass is 457 g/mol. The summed E-state index contributed by atoms with van der Waals surface area (Å²) in [4.78, 5) is 27.5. The van der Waals surface area contributed by atoms with Gasteiger partial charge in [-0.05, 0) is 31.0 Å². The van der Waals surface area contributed by atoms with Crippen molar-refractivity contribution in [2.45, 2.75) is 24.9 Å². The first-order valence-corrected chi connectivity index (χ1v) is 10.0. The largest absolute Gasteiger partial charge is 0.507 e. The van der Waals surface area contributed by atoms with Crippen LogP contribution in [0.1, 0.15) is 30.0 Å². The lowest BCUT2D eigenvalue weighted by atomic mass is 9.94. The number of rotatable bonds is 5. The third kappa shape index (κ3) is 3.29. The summed E-state index contributed by atoms with van der Waals surface area (Å²) in [6.45, 7) is 0. The number of methoxy groups -OCH3 is 2. The summed E-state index contributed by atoms with van der Waals surface area (Å²) in [6.07, 6.45) is 1.65. The number of carbonyl (C=O) groups excluding carboxylic acids is 2. The smallest absolute Gasteiger partial charge is 0.295 e. The number of Topliss-reactive ketones (excluding diaryl/α,β-unsaturated/α-hetero) is 1. The number of halogens is 1. The molecule has 7 heteroatoms. The van der Waals surface area contributed by atoms with Crippen LogP contribution in [0.2, 0.25) is 0 Å². The number of aliphatic hydroxyl groups excluding tert-OH is 1. The number of benzene rings is 2. The predicted molar refractivity (Wildman–Crippen MR) is 111 cm³/mol. The van der Waals surface area contributed by atoms with Crippen molar-refractivity contribution < 1.29 is 24.2 Å². The Morgan fingerprint density at radius 2 is 1.83 bits per heavy atom. The summed E-state index contributed by atoms with van der Waals surface area (Å²) in [5.41, 5.74) is 1.13. The van der Waals surface area contributed by atoms with Crippen molar-refractivity contribution in [1.82, 2.24) is 4.90 Å². The number of amides is 1. The molecule has 0 aromatic heterocycles. The van der Waals surface area contributed by atoms with Crippen LogP contribution in [-0.2, 0) is 9.59 Å². The van der Waals surface area contributed by atoms with Gasteiger partial charge in [-0.25, -0.2) is 0 Å². The number of ether oxygens (including phenoxy) is 2. The minimum absolute atomic E-state index is 0.0276. The van der Waals surface area contributed by atoms with E-state index in [9.17, 15) is 14.7 Å². The lowest BCUT2D eigenvalue weighted by Gasteiger charge is -2.27. The van der Waals surface area contributed by atoms with Gasteiger partial charge in [-0.3, -0.25) is 9.59 Å². The highest BCUT2D eigenvalue weighted by Crippen LogP contribution is 2.49. The summed E-state index contributed by atoms with van der Waals surface area (Å²) < 4.78 is 11.7. The molecule has 0 spiro atoms. The molecule has 6 nitrogen and oxygen atoms in total. The van der Waals surface area contributed by atoms with Gasteiger partial charge in [-0.1, -0.05) is 40.2 Å². The van der Waals surface area contributed by atoms with Gasteiger partial charge >= 0.3 is 0 Å². The van der Waals surface area contributed by atoms with E-state index in [0.29, 0.717) is 22.6 Å².